The van der Waals surface area contributed by atoms with Crippen molar-refractivity contribution in [3.8, 4) is 5.75 Å². The van der Waals surface area contributed by atoms with Gasteiger partial charge in [-0.1, -0.05) is 38.3 Å². The van der Waals surface area contributed by atoms with Crippen LogP contribution in [0.5, 0.6) is 5.75 Å². The summed E-state index contributed by atoms with van der Waals surface area (Å²) in [7, 11) is 0. The first kappa shape index (κ1) is 15.4. The summed E-state index contributed by atoms with van der Waals surface area (Å²) >= 11 is 0. The molecule has 20 heavy (non-hydrogen) atoms. The molecule has 1 saturated carbocycles. The van der Waals surface area contributed by atoms with Gasteiger partial charge in [0.25, 0.3) is 0 Å². The highest BCUT2D eigenvalue weighted by atomic mass is 16.5. The van der Waals surface area contributed by atoms with E-state index in [-0.39, 0.29) is 6.10 Å². The molecule has 0 aliphatic heterocycles. The maximum absolute atomic E-state index is 10.3. The molecule has 0 bridgehead atoms. The average molecular weight is 276 g/mol. The van der Waals surface area contributed by atoms with Crippen LogP contribution in [0.3, 0.4) is 0 Å². The molecule has 2 heteroatoms. The van der Waals surface area contributed by atoms with Crippen molar-refractivity contribution in [2.45, 2.75) is 58.5 Å². The quantitative estimate of drug-likeness (QED) is 0.837. The summed E-state index contributed by atoms with van der Waals surface area (Å²) in [6, 6.07) is 8.09. The first-order chi connectivity index (χ1) is 9.69. The van der Waals surface area contributed by atoms with E-state index in [1.54, 1.807) is 0 Å². The maximum atomic E-state index is 10.3. The van der Waals surface area contributed by atoms with Crippen LogP contribution < -0.4 is 4.74 Å². The molecule has 2 nitrogen and oxygen atoms in total. The molecule has 1 N–H and O–H groups in total. The Bertz CT molecular complexity index is 394. The van der Waals surface area contributed by atoms with E-state index in [2.05, 4.69) is 19.9 Å². The van der Waals surface area contributed by atoms with Crippen molar-refractivity contribution in [2.24, 2.45) is 11.8 Å². The van der Waals surface area contributed by atoms with Crippen molar-refractivity contribution in [1.82, 2.24) is 0 Å². The highest BCUT2D eigenvalue weighted by molar-refractivity contribution is 5.27. The van der Waals surface area contributed by atoms with Crippen molar-refractivity contribution >= 4 is 0 Å². The minimum Gasteiger partial charge on any atom is -0.493 e. The lowest BCUT2D eigenvalue weighted by Gasteiger charge is -2.31. The number of hydrogen-bond acceptors (Lipinski definition) is 2. The predicted molar refractivity (Wildman–Crippen MR) is 83.0 cm³/mol. The minimum atomic E-state index is -0.197. The van der Waals surface area contributed by atoms with E-state index in [4.69, 9.17) is 4.74 Å². The van der Waals surface area contributed by atoms with Crippen molar-refractivity contribution < 1.29 is 9.84 Å². The van der Waals surface area contributed by atoms with Gasteiger partial charge in [-0.2, -0.15) is 0 Å². The molecule has 1 atom stereocenters. The second-order valence-electron chi connectivity index (χ2n) is 6.21. The van der Waals surface area contributed by atoms with Gasteiger partial charge in [-0.25, -0.2) is 0 Å². The monoisotopic (exact) mass is 276 g/mol. The molecule has 1 unspecified atom stereocenters. The molecule has 0 aromatic heterocycles. The van der Waals surface area contributed by atoms with Crippen LogP contribution in [0.1, 0.15) is 51.0 Å². The van der Waals surface area contributed by atoms with E-state index in [1.165, 1.54) is 37.7 Å². The van der Waals surface area contributed by atoms with Crippen molar-refractivity contribution in [3.63, 3.8) is 0 Å². The molecular weight excluding hydrogens is 248 g/mol. The van der Waals surface area contributed by atoms with Gasteiger partial charge < -0.3 is 9.84 Å². The molecular formula is C18H28O2. The molecule has 1 aromatic carbocycles. The standard InChI is InChI=1S/C18H28O2/c1-3-15-7-9-16(10-8-15)18(19)11-12-20-17-6-4-5-14(2)13-17/h4-6,13,15-16,18-19H,3,7-12H2,1-2H3. The molecule has 0 radical (unpaired) electrons. The lowest BCUT2D eigenvalue weighted by atomic mass is 9.78. The van der Waals surface area contributed by atoms with Gasteiger partial charge in [0.1, 0.15) is 5.75 Å². The van der Waals surface area contributed by atoms with E-state index in [1.807, 2.05) is 18.2 Å². The number of benzene rings is 1. The Morgan fingerprint density at radius 3 is 2.65 bits per heavy atom. The van der Waals surface area contributed by atoms with Crippen LogP contribution in [0, 0.1) is 18.8 Å². The fourth-order valence-electron chi connectivity index (χ4n) is 3.22. The van der Waals surface area contributed by atoms with Gasteiger partial charge in [0.05, 0.1) is 12.7 Å². The summed E-state index contributed by atoms with van der Waals surface area (Å²) < 4.78 is 5.73. The summed E-state index contributed by atoms with van der Waals surface area (Å²) in [5.74, 6) is 2.28. The Balaban J connectivity index is 1.69. The Morgan fingerprint density at radius 2 is 2.00 bits per heavy atom. The average Bonchev–Trinajstić information content (AvgIpc) is 2.47. The molecule has 112 valence electrons. The molecule has 1 fully saturated rings. The zero-order chi connectivity index (χ0) is 14.4. The van der Waals surface area contributed by atoms with Gasteiger partial charge in [-0.3, -0.25) is 0 Å². The number of aliphatic hydroxyl groups excluding tert-OH is 1. The van der Waals surface area contributed by atoms with Crippen molar-refractivity contribution in [3.05, 3.63) is 29.8 Å². The molecule has 1 aliphatic rings. The summed E-state index contributed by atoms with van der Waals surface area (Å²) in [5, 5.41) is 10.3. The Labute approximate surface area is 123 Å². The molecule has 0 spiro atoms. The van der Waals surface area contributed by atoms with E-state index >= 15 is 0 Å². The highest BCUT2D eigenvalue weighted by Crippen LogP contribution is 2.33. The second kappa shape index (κ2) is 7.68. The first-order valence-corrected chi connectivity index (χ1v) is 8.06. The summed E-state index contributed by atoms with van der Waals surface area (Å²) in [5.41, 5.74) is 1.21. The third-order valence-corrected chi connectivity index (χ3v) is 4.68. The van der Waals surface area contributed by atoms with Crippen LogP contribution in [-0.2, 0) is 0 Å². The number of ether oxygens (including phenoxy) is 1. The lowest BCUT2D eigenvalue weighted by Crippen LogP contribution is -2.27. The Hall–Kier alpha value is -1.02. The van der Waals surface area contributed by atoms with Crippen molar-refractivity contribution in [2.75, 3.05) is 6.61 Å². The predicted octanol–water partition coefficient (Wildman–Crippen LogP) is 4.34. The zero-order valence-corrected chi connectivity index (χ0v) is 12.8. The second-order valence-corrected chi connectivity index (χ2v) is 6.21. The Kier molecular flexibility index (Phi) is 5.90. The molecule has 1 aliphatic carbocycles. The van der Waals surface area contributed by atoms with Crippen LogP contribution in [0.25, 0.3) is 0 Å². The van der Waals surface area contributed by atoms with Gasteiger partial charge in [0.2, 0.25) is 0 Å². The van der Waals surface area contributed by atoms with Gasteiger partial charge >= 0.3 is 0 Å². The van der Waals surface area contributed by atoms with Crippen LogP contribution >= 0.6 is 0 Å². The molecule has 0 saturated heterocycles. The van der Waals surface area contributed by atoms with E-state index in [0.29, 0.717) is 12.5 Å². The first-order valence-electron chi connectivity index (χ1n) is 8.06. The minimum absolute atomic E-state index is 0.197. The van der Waals surface area contributed by atoms with Crippen molar-refractivity contribution in [1.29, 1.82) is 0 Å². The van der Waals surface area contributed by atoms with Crippen LogP contribution in [0.15, 0.2) is 24.3 Å². The normalized spacial score (nSPS) is 24.4. The van der Waals surface area contributed by atoms with Crippen LogP contribution in [0.4, 0.5) is 0 Å². The third-order valence-electron chi connectivity index (χ3n) is 4.68. The van der Waals surface area contributed by atoms with Gasteiger partial charge in [0, 0.05) is 6.42 Å². The van der Waals surface area contributed by atoms with Gasteiger partial charge in [-0.15, -0.1) is 0 Å². The zero-order valence-electron chi connectivity index (χ0n) is 12.8. The fourth-order valence-corrected chi connectivity index (χ4v) is 3.22. The number of rotatable bonds is 6. The number of aryl methyl sites for hydroxylation is 1. The molecule has 1 aromatic rings. The van der Waals surface area contributed by atoms with E-state index in [9.17, 15) is 5.11 Å². The van der Waals surface area contributed by atoms with Crippen LogP contribution in [-0.4, -0.2) is 17.8 Å². The summed E-state index contributed by atoms with van der Waals surface area (Å²) in [4.78, 5) is 0. The molecule has 2 rings (SSSR count). The van der Waals surface area contributed by atoms with Gasteiger partial charge in [0.15, 0.2) is 0 Å². The van der Waals surface area contributed by atoms with E-state index < -0.39 is 0 Å². The van der Waals surface area contributed by atoms with E-state index in [0.717, 1.165) is 18.1 Å². The third kappa shape index (κ3) is 4.52. The fraction of sp³-hybridized carbons (Fsp3) is 0.667. The largest absolute Gasteiger partial charge is 0.493 e. The Morgan fingerprint density at radius 1 is 1.25 bits per heavy atom. The SMILES string of the molecule is CCC1CCC(C(O)CCOc2cccc(C)c2)CC1. The summed E-state index contributed by atoms with van der Waals surface area (Å²) in [6.07, 6.45) is 6.79. The molecule has 0 heterocycles. The topological polar surface area (TPSA) is 29.5 Å². The number of aliphatic hydroxyl groups is 1. The lowest BCUT2D eigenvalue weighted by molar-refractivity contribution is 0.0548. The molecule has 0 amide bonds. The van der Waals surface area contributed by atoms with Gasteiger partial charge in [-0.05, 0) is 49.3 Å². The highest BCUT2D eigenvalue weighted by Gasteiger charge is 2.25. The number of hydrogen-bond donors (Lipinski definition) is 1. The smallest absolute Gasteiger partial charge is 0.119 e. The summed E-state index contributed by atoms with van der Waals surface area (Å²) in [6.45, 7) is 4.95. The maximum Gasteiger partial charge on any atom is 0.119 e. The van der Waals surface area contributed by atoms with Crippen LogP contribution in [0.2, 0.25) is 0 Å².